The van der Waals surface area contributed by atoms with Crippen molar-refractivity contribution in [2.75, 3.05) is 4.90 Å². The Bertz CT molecular complexity index is 1070. The van der Waals surface area contributed by atoms with Crippen molar-refractivity contribution in [3.8, 4) is 11.1 Å². The molecule has 0 atom stereocenters. The molecule has 144 valence electrons. The summed E-state index contributed by atoms with van der Waals surface area (Å²) < 4.78 is 0. The van der Waals surface area contributed by atoms with Gasteiger partial charge in [-0.15, -0.1) is 0 Å². The topological polar surface area (TPSA) is 3.24 Å². The third kappa shape index (κ3) is 3.95. The highest BCUT2D eigenvalue weighted by Gasteiger charge is 2.16. The molecular formula is C28H27N. The van der Waals surface area contributed by atoms with Crippen LogP contribution >= 0.6 is 0 Å². The molecule has 4 rings (SSSR count). The van der Waals surface area contributed by atoms with Crippen molar-refractivity contribution >= 4 is 17.1 Å². The standard InChI is InChI=1S/C28H27N/c1-20-10-16-27(22(3)18-20)29(28-17-11-21(2)19-23(28)4)26-14-12-25(13-15-26)24-8-6-5-7-9-24/h5-19H,1-4H3. The maximum absolute atomic E-state index is 2.37. The summed E-state index contributed by atoms with van der Waals surface area (Å²) in [5, 5.41) is 0. The van der Waals surface area contributed by atoms with Crippen molar-refractivity contribution in [1.82, 2.24) is 0 Å². The van der Waals surface area contributed by atoms with Gasteiger partial charge in [0.15, 0.2) is 0 Å². The summed E-state index contributed by atoms with van der Waals surface area (Å²) in [6.45, 7) is 8.67. The van der Waals surface area contributed by atoms with Gasteiger partial charge in [-0.25, -0.2) is 0 Å². The lowest BCUT2D eigenvalue weighted by Gasteiger charge is -2.29. The fourth-order valence-corrected chi connectivity index (χ4v) is 3.95. The van der Waals surface area contributed by atoms with Crippen LogP contribution in [-0.2, 0) is 0 Å². The average molecular weight is 378 g/mol. The summed E-state index contributed by atoms with van der Waals surface area (Å²) in [5.74, 6) is 0. The molecule has 0 N–H and O–H groups in total. The SMILES string of the molecule is Cc1ccc(N(c2ccc(-c3ccccc3)cc2)c2ccc(C)cc2C)c(C)c1. The molecule has 0 heterocycles. The first-order valence-electron chi connectivity index (χ1n) is 10.1. The van der Waals surface area contributed by atoms with Gasteiger partial charge in [0.2, 0.25) is 0 Å². The van der Waals surface area contributed by atoms with Gasteiger partial charge in [-0.2, -0.15) is 0 Å². The van der Waals surface area contributed by atoms with E-state index in [1.54, 1.807) is 0 Å². The van der Waals surface area contributed by atoms with Crippen LogP contribution < -0.4 is 4.90 Å². The zero-order valence-corrected chi connectivity index (χ0v) is 17.6. The van der Waals surface area contributed by atoms with Crippen LogP contribution in [0.5, 0.6) is 0 Å². The second-order valence-electron chi connectivity index (χ2n) is 7.83. The van der Waals surface area contributed by atoms with Gasteiger partial charge in [0.1, 0.15) is 0 Å². The molecular weight excluding hydrogens is 350 g/mol. The molecule has 4 aromatic rings. The molecule has 0 aromatic heterocycles. The molecule has 0 amide bonds. The van der Waals surface area contributed by atoms with Crippen LogP contribution in [0.25, 0.3) is 11.1 Å². The molecule has 0 unspecified atom stereocenters. The minimum atomic E-state index is 1.17. The Balaban J connectivity index is 1.84. The number of rotatable bonds is 4. The van der Waals surface area contributed by atoms with Gasteiger partial charge >= 0.3 is 0 Å². The predicted molar refractivity (Wildman–Crippen MR) is 126 cm³/mol. The molecule has 0 aliphatic carbocycles. The molecule has 0 spiro atoms. The predicted octanol–water partition coefficient (Wildman–Crippen LogP) is 8.06. The molecule has 29 heavy (non-hydrogen) atoms. The van der Waals surface area contributed by atoms with E-state index in [9.17, 15) is 0 Å². The molecule has 0 radical (unpaired) electrons. The molecule has 0 aliphatic rings. The van der Waals surface area contributed by atoms with E-state index in [-0.39, 0.29) is 0 Å². The van der Waals surface area contributed by atoms with Crippen LogP contribution in [0.3, 0.4) is 0 Å². The molecule has 1 heteroatoms. The van der Waals surface area contributed by atoms with Crippen LogP contribution in [0, 0.1) is 27.7 Å². The molecule has 0 fully saturated rings. The number of aryl methyl sites for hydroxylation is 4. The third-order valence-corrected chi connectivity index (χ3v) is 5.42. The van der Waals surface area contributed by atoms with Gasteiger partial charge in [0, 0.05) is 17.1 Å². The highest BCUT2D eigenvalue weighted by atomic mass is 15.1. The summed E-state index contributed by atoms with van der Waals surface area (Å²) in [6.07, 6.45) is 0. The lowest BCUT2D eigenvalue weighted by molar-refractivity contribution is 1.21. The van der Waals surface area contributed by atoms with E-state index in [0.29, 0.717) is 0 Å². The van der Waals surface area contributed by atoms with E-state index in [1.807, 2.05) is 0 Å². The van der Waals surface area contributed by atoms with E-state index in [2.05, 4.69) is 124 Å². The third-order valence-electron chi connectivity index (χ3n) is 5.42. The summed E-state index contributed by atoms with van der Waals surface area (Å²) in [7, 11) is 0. The summed E-state index contributed by atoms with van der Waals surface area (Å²) >= 11 is 0. The van der Waals surface area contributed by atoms with Crippen molar-refractivity contribution in [1.29, 1.82) is 0 Å². The van der Waals surface area contributed by atoms with Crippen LogP contribution in [-0.4, -0.2) is 0 Å². The number of hydrogen-bond donors (Lipinski definition) is 0. The second-order valence-corrected chi connectivity index (χ2v) is 7.83. The van der Waals surface area contributed by atoms with Crippen LogP contribution in [0.2, 0.25) is 0 Å². The van der Waals surface area contributed by atoms with Crippen molar-refractivity contribution < 1.29 is 0 Å². The average Bonchev–Trinajstić information content (AvgIpc) is 2.72. The van der Waals surface area contributed by atoms with Gasteiger partial charge in [-0.05, 0) is 74.2 Å². The van der Waals surface area contributed by atoms with Crippen LogP contribution in [0.1, 0.15) is 22.3 Å². The highest BCUT2D eigenvalue weighted by molar-refractivity contribution is 5.81. The van der Waals surface area contributed by atoms with E-state index in [0.717, 1.165) is 0 Å². The Morgan fingerprint density at radius 3 is 1.45 bits per heavy atom. The molecule has 0 saturated carbocycles. The van der Waals surface area contributed by atoms with Crippen molar-refractivity contribution in [2.24, 2.45) is 0 Å². The Hall–Kier alpha value is -3.32. The van der Waals surface area contributed by atoms with Crippen LogP contribution in [0.4, 0.5) is 17.1 Å². The first kappa shape index (κ1) is 19.0. The van der Waals surface area contributed by atoms with E-state index in [1.165, 1.54) is 50.4 Å². The Labute approximate surface area is 174 Å². The lowest BCUT2D eigenvalue weighted by atomic mass is 10.0. The minimum absolute atomic E-state index is 1.17. The van der Waals surface area contributed by atoms with Crippen molar-refractivity contribution in [3.05, 3.63) is 113 Å². The van der Waals surface area contributed by atoms with Crippen molar-refractivity contribution in [2.45, 2.75) is 27.7 Å². The largest absolute Gasteiger partial charge is 0.310 e. The van der Waals surface area contributed by atoms with E-state index >= 15 is 0 Å². The number of benzene rings is 4. The molecule has 0 saturated heterocycles. The molecule has 4 aromatic carbocycles. The smallest absolute Gasteiger partial charge is 0.0491 e. The maximum Gasteiger partial charge on any atom is 0.0491 e. The Kier molecular flexibility index (Phi) is 5.22. The normalized spacial score (nSPS) is 10.8. The molecule has 0 aliphatic heterocycles. The highest BCUT2D eigenvalue weighted by Crippen LogP contribution is 2.39. The quantitative estimate of drug-likeness (QED) is 0.347. The van der Waals surface area contributed by atoms with E-state index < -0.39 is 0 Å². The first-order chi connectivity index (χ1) is 14.0. The Morgan fingerprint density at radius 1 is 0.483 bits per heavy atom. The summed E-state index contributed by atoms with van der Waals surface area (Å²) in [6, 6.07) is 32.8. The van der Waals surface area contributed by atoms with Gasteiger partial charge in [0.05, 0.1) is 0 Å². The summed E-state index contributed by atoms with van der Waals surface area (Å²) in [5.41, 5.74) is 11.2. The maximum atomic E-state index is 2.37. The van der Waals surface area contributed by atoms with Crippen molar-refractivity contribution in [3.63, 3.8) is 0 Å². The number of nitrogens with zero attached hydrogens (tertiary/aromatic N) is 1. The van der Waals surface area contributed by atoms with Crippen LogP contribution in [0.15, 0.2) is 91.0 Å². The monoisotopic (exact) mass is 377 g/mol. The minimum Gasteiger partial charge on any atom is -0.310 e. The molecule has 0 bridgehead atoms. The molecule has 1 nitrogen and oxygen atoms in total. The Morgan fingerprint density at radius 2 is 0.966 bits per heavy atom. The van der Waals surface area contributed by atoms with Gasteiger partial charge < -0.3 is 4.90 Å². The number of anilines is 3. The van der Waals surface area contributed by atoms with E-state index in [4.69, 9.17) is 0 Å². The fourth-order valence-electron chi connectivity index (χ4n) is 3.95. The second kappa shape index (κ2) is 7.97. The van der Waals surface area contributed by atoms with Gasteiger partial charge in [0.25, 0.3) is 0 Å². The lowest BCUT2D eigenvalue weighted by Crippen LogP contribution is -2.12. The fraction of sp³-hybridized carbons (Fsp3) is 0.143. The first-order valence-corrected chi connectivity index (χ1v) is 10.1. The van der Waals surface area contributed by atoms with Gasteiger partial charge in [-0.1, -0.05) is 77.9 Å². The zero-order valence-electron chi connectivity index (χ0n) is 17.6. The van der Waals surface area contributed by atoms with Gasteiger partial charge in [-0.3, -0.25) is 0 Å². The zero-order chi connectivity index (χ0) is 20.4. The summed E-state index contributed by atoms with van der Waals surface area (Å²) in [4.78, 5) is 2.37. The number of hydrogen-bond acceptors (Lipinski definition) is 1.